The Morgan fingerprint density at radius 3 is 2.83 bits per heavy atom. The SMILES string of the molecule is CCOC(=O)c1cnn(-c2cnc(N)c(OC(C)c3c(Cl)ccc(F)c3Cl)c2)c1. The zero-order chi connectivity index (χ0) is 21.1. The molecule has 0 fully saturated rings. The number of hydrogen-bond acceptors (Lipinski definition) is 6. The van der Waals surface area contributed by atoms with Gasteiger partial charge < -0.3 is 15.2 Å². The number of benzene rings is 1. The van der Waals surface area contributed by atoms with Crippen molar-refractivity contribution >= 4 is 35.0 Å². The third-order valence-corrected chi connectivity index (χ3v) is 4.73. The number of nitrogens with zero attached hydrogens (tertiary/aromatic N) is 3. The van der Waals surface area contributed by atoms with Gasteiger partial charge in [0, 0.05) is 22.8 Å². The van der Waals surface area contributed by atoms with Gasteiger partial charge in [-0.25, -0.2) is 18.9 Å². The lowest BCUT2D eigenvalue weighted by Crippen LogP contribution is -2.09. The van der Waals surface area contributed by atoms with Crippen LogP contribution in [0, 0.1) is 5.82 Å². The smallest absolute Gasteiger partial charge is 0.341 e. The fourth-order valence-corrected chi connectivity index (χ4v) is 3.29. The molecule has 0 saturated carbocycles. The summed E-state index contributed by atoms with van der Waals surface area (Å²) in [6.45, 7) is 3.63. The Bertz CT molecular complexity index is 1060. The molecule has 2 heterocycles. The average Bonchev–Trinajstić information content (AvgIpc) is 3.17. The molecule has 2 N–H and O–H groups in total. The Morgan fingerprint density at radius 2 is 2.10 bits per heavy atom. The molecule has 3 aromatic rings. The summed E-state index contributed by atoms with van der Waals surface area (Å²) in [4.78, 5) is 15.9. The van der Waals surface area contributed by atoms with E-state index in [1.54, 1.807) is 19.9 Å². The van der Waals surface area contributed by atoms with E-state index in [2.05, 4.69) is 10.1 Å². The maximum absolute atomic E-state index is 13.8. The number of nitrogens with two attached hydrogens (primary N) is 1. The second-order valence-electron chi connectivity index (χ2n) is 5.99. The molecule has 0 amide bonds. The second kappa shape index (κ2) is 8.67. The van der Waals surface area contributed by atoms with Crippen LogP contribution >= 0.6 is 23.2 Å². The first-order valence-electron chi connectivity index (χ1n) is 8.59. The van der Waals surface area contributed by atoms with Gasteiger partial charge in [-0.1, -0.05) is 23.2 Å². The van der Waals surface area contributed by atoms with Gasteiger partial charge in [-0.3, -0.25) is 0 Å². The number of anilines is 1. The molecule has 1 aromatic carbocycles. The highest BCUT2D eigenvalue weighted by molar-refractivity contribution is 6.36. The number of nitrogen functional groups attached to an aromatic ring is 1. The van der Waals surface area contributed by atoms with E-state index in [1.807, 2.05) is 0 Å². The number of carbonyl (C=O) groups is 1. The summed E-state index contributed by atoms with van der Waals surface area (Å²) in [7, 11) is 0. The van der Waals surface area contributed by atoms with Gasteiger partial charge in [-0.15, -0.1) is 0 Å². The first kappa shape index (κ1) is 20.9. The fraction of sp³-hybridized carbons (Fsp3) is 0.211. The van der Waals surface area contributed by atoms with Gasteiger partial charge in [0.05, 0.1) is 35.3 Å². The monoisotopic (exact) mass is 438 g/mol. The van der Waals surface area contributed by atoms with Crippen LogP contribution in [0.15, 0.2) is 36.8 Å². The summed E-state index contributed by atoms with van der Waals surface area (Å²) in [6.07, 6.45) is 3.64. The highest BCUT2D eigenvalue weighted by Crippen LogP contribution is 2.36. The van der Waals surface area contributed by atoms with Gasteiger partial charge in [0.1, 0.15) is 11.9 Å². The Hall–Kier alpha value is -2.84. The van der Waals surface area contributed by atoms with Crippen molar-refractivity contribution in [2.45, 2.75) is 20.0 Å². The molecule has 0 aliphatic heterocycles. The fourth-order valence-electron chi connectivity index (χ4n) is 2.61. The Labute approximate surface area is 176 Å². The lowest BCUT2D eigenvalue weighted by atomic mass is 10.1. The summed E-state index contributed by atoms with van der Waals surface area (Å²) in [5.74, 6) is -0.756. The largest absolute Gasteiger partial charge is 0.482 e. The zero-order valence-electron chi connectivity index (χ0n) is 15.5. The number of rotatable bonds is 6. The molecule has 7 nitrogen and oxygen atoms in total. The van der Waals surface area contributed by atoms with E-state index < -0.39 is 17.9 Å². The summed E-state index contributed by atoms with van der Waals surface area (Å²) >= 11 is 12.2. The van der Waals surface area contributed by atoms with Gasteiger partial charge in [-0.2, -0.15) is 5.10 Å². The zero-order valence-corrected chi connectivity index (χ0v) is 17.0. The maximum Gasteiger partial charge on any atom is 0.341 e. The number of esters is 1. The summed E-state index contributed by atoms with van der Waals surface area (Å²) < 4.78 is 26.0. The van der Waals surface area contributed by atoms with Gasteiger partial charge in [-0.05, 0) is 26.0 Å². The molecule has 29 heavy (non-hydrogen) atoms. The van der Waals surface area contributed by atoms with Crippen molar-refractivity contribution in [3.8, 4) is 11.4 Å². The van der Waals surface area contributed by atoms with Crippen LogP contribution in [0.25, 0.3) is 5.69 Å². The molecule has 1 unspecified atom stereocenters. The normalized spacial score (nSPS) is 11.9. The van der Waals surface area contributed by atoms with Crippen LogP contribution in [-0.4, -0.2) is 27.3 Å². The van der Waals surface area contributed by atoms with Crippen LogP contribution in [0.1, 0.15) is 35.9 Å². The van der Waals surface area contributed by atoms with E-state index in [4.69, 9.17) is 38.4 Å². The highest BCUT2D eigenvalue weighted by atomic mass is 35.5. The van der Waals surface area contributed by atoms with E-state index >= 15 is 0 Å². The minimum Gasteiger partial charge on any atom is -0.482 e. The van der Waals surface area contributed by atoms with Crippen molar-refractivity contribution in [2.75, 3.05) is 12.3 Å². The van der Waals surface area contributed by atoms with Crippen molar-refractivity contribution in [3.05, 3.63) is 63.8 Å². The molecule has 2 aromatic heterocycles. The summed E-state index contributed by atoms with van der Waals surface area (Å²) in [5, 5.41) is 4.26. The van der Waals surface area contributed by atoms with Crippen LogP contribution < -0.4 is 10.5 Å². The van der Waals surface area contributed by atoms with Crippen molar-refractivity contribution in [1.29, 1.82) is 0 Å². The van der Waals surface area contributed by atoms with Crippen LogP contribution in [0.4, 0.5) is 10.2 Å². The molecule has 152 valence electrons. The number of carbonyl (C=O) groups excluding carboxylic acids is 1. The minimum absolute atomic E-state index is 0.113. The van der Waals surface area contributed by atoms with Crippen molar-refractivity contribution < 1.29 is 18.7 Å². The number of hydrogen-bond donors (Lipinski definition) is 1. The van der Waals surface area contributed by atoms with Gasteiger partial charge in [0.25, 0.3) is 0 Å². The van der Waals surface area contributed by atoms with Crippen molar-refractivity contribution in [2.24, 2.45) is 0 Å². The minimum atomic E-state index is -0.710. The highest BCUT2D eigenvalue weighted by Gasteiger charge is 2.20. The average molecular weight is 439 g/mol. The van der Waals surface area contributed by atoms with Crippen LogP contribution in [0.5, 0.6) is 5.75 Å². The Kier molecular flexibility index (Phi) is 6.24. The van der Waals surface area contributed by atoms with Crippen molar-refractivity contribution in [3.63, 3.8) is 0 Å². The molecule has 10 heteroatoms. The standard InChI is InChI=1S/C19H17Cl2FN4O3/c1-3-28-19(27)11-7-25-26(9-11)12-6-15(18(23)24-8-12)29-10(2)16-13(20)4-5-14(22)17(16)21/h4-10H,3H2,1-2H3,(H2,23,24). The Morgan fingerprint density at radius 1 is 1.34 bits per heavy atom. The molecular formula is C19H17Cl2FN4O3. The predicted octanol–water partition coefficient (Wildman–Crippen LogP) is 4.61. The number of pyridine rings is 1. The van der Waals surface area contributed by atoms with E-state index in [0.717, 1.165) is 0 Å². The van der Waals surface area contributed by atoms with E-state index in [-0.39, 0.29) is 33.8 Å². The molecular weight excluding hydrogens is 422 g/mol. The summed E-state index contributed by atoms with van der Waals surface area (Å²) in [5.41, 5.74) is 6.99. The topological polar surface area (TPSA) is 92.3 Å². The van der Waals surface area contributed by atoms with Gasteiger partial charge in [0.15, 0.2) is 11.6 Å². The van der Waals surface area contributed by atoms with E-state index in [0.29, 0.717) is 11.3 Å². The number of halogens is 3. The van der Waals surface area contributed by atoms with E-state index in [9.17, 15) is 9.18 Å². The first-order chi connectivity index (χ1) is 13.8. The van der Waals surface area contributed by atoms with Crippen molar-refractivity contribution in [1.82, 2.24) is 14.8 Å². The predicted molar refractivity (Wildman–Crippen MR) is 107 cm³/mol. The molecule has 0 aliphatic rings. The quantitative estimate of drug-likeness (QED) is 0.446. The molecule has 0 aliphatic carbocycles. The van der Waals surface area contributed by atoms with Crippen LogP contribution in [0.2, 0.25) is 10.0 Å². The molecule has 3 rings (SSSR count). The molecule has 0 bridgehead atoms. The lowest BCUT2D eigenvalue weighted by molar-refractivity contribution is 0.0526. The molecule has 1 atom stereocenters. The van der Waals surface area contributed by atoms with Crippen LogP contribution in [0.3, 0.4) is 0 Å². The summed E-state index contributed by atoms with van der Waals surface area (Å²) in [6, 6.07) is 4.16. The third-order valence-electron chi connectivity index (χ3n) is 4.02. The Balaban J connectivity index is 1.89. The second-order valence-corrected chi connectivity index (χ2v) is 6.77. The molecule has 0 radical (unpaired) electrons. The number of aromatic nitrogens is 3. The first-order valence-corrected chi connectivity index (χ1v) is 9.35. The van der Waals surface area contributed by atoms with Crippen LogP contribution in [-0.2, 0) is 4.74 Å². The molecule has 0 saturated heterocycles. The third kappa shape index (κ3) is 4.44. The molecule has 0 spiro atoms. The number of ether oxygens (including phenoxy) is 2. The van der Waals surface area contributed by atoms with Gasteiger partial charge in [0.2, 0.25) is 0 Å². The lowest BCUT2D eigenvalue weighted by Gasteiger charge is -2.19. The van der Waals surface area contributed by atoms with E-state index in [1.165, 1.54) is 35.4 Å². The maximum atomic E-state index is 13.8. The van der Waals surface area contributed by atoms with Gasteiger partial charge >= 0.3 is 5.97 Å².